The molecule has 1 aliphatic heterocycles. The van der Waals surface area contributed by atoms with Gasteiger partial charge in [0.15, 0.2) is 0 Å². The Hall–Kier alpha value is -1.35. The second-order valence-corrected chi connectivity index (χ2v) is 3.73. The first-order chi connectivity index (χ1) is 6.75. The van der Waals surface area contributed by atoms with Gasteiger partial charge in [0.25, 0.3) is 0 Å². The van der Waals surface area contributed by atoms with Gasteiger partial charge < -0.3 is 11.1 Å². The highest BCUT2D eigenvalue weighted by molar-refractivity contribution is 7.81. The molecule has 2 nitrogen and oxygen atoms in total. The first-order valence-corrected chi connectivity index (χ1v) is 4.96. The molecule has 0 bridgehead atoms. The summed E-state index contributed by atoms with van der Waals surface area (Å²) in [6.07, 6.45) is 3.96. The maximum atomic E-state index is 5.71. The van der Waals surface area contributed by atoms with Gasteiger partial charge in [-0.3, -0.25) is 0 Å². The molecule has 72 valence electrons. The van der Waals surface area contributed by atoms with E-state index < -0.39 is 0 Å². The maximum absolute atomic E-state index is 5.71. The summed E-state index contributed by atoms with van der Waals surface area (Å²) >= 11 is 4.32. The monoisotopic (exact) mass is 204 g/mol. The summed E-state index contributed by atoms with van der Waals surface area (Å²) in [4.78, 5) is 0. The minimum absolute atomic E-state index is 0.00444. The van der Waals surface area contributed by atoms with E-state index in [-0.39, 0.29) is 5.37 Å². The van der Waals surface area contributed by atoms with Crippen molar-refractivity contribution in [3.05, 3.63) is 53.9 Å². The van der Waals surface area contributed by atoms with Gasteiger partial charge in [-0.2, -0.15) is 12.6 Å². The molecule has 1 aliphatic rings. The van der Waals surface area contributed by atoms with Crippen molar-refractivity contribution in [2.24, 2.45) is 5.73 Å². The molecule has 1 atom stereocenters. The normalized spacial score (nSPS) is 20.8. The molecule has 0 spiro atoms. The first-order valence-electron chi connectivity index (χ1n) is 4.45. The highest BCUT2D eigenvalue weighted by atomic mass is 32.1. The summed E-state index contributed by atoms with van der Waals surface area (Å²) in [5.41, 5.74) is 7.99. The fourth-order valence-corrected chi connectivity index (χ4v) is 1.76. The van der Waals surface area contributed by atoms with Gasteiger partial charge in [0.05, 0.1) is 11.2 Å². The predicted molar refractivity (Wildman–Crippen MR) is 62.6 cm³/mol. The fraction of sp³-hybridized carbons (Fsp3) is 0.0909. The van der Waals surface area contributed by atoms with Crippen molar-refractivity contribution in [2.75, 3.05) is 0 Å². The minimum atomic E-state index is -0.00444. The maximum Gasteiger partial charge on any atom is 0.0977 e. The Bertz CT molecular complexity index is 382. The molecule has 1 unspecified atom stereocenters. The number of benzene rings is 1. The highest BCUT2D eigenvalue weighted by Gasteiger charge is 2.09. The molecule has 0 fully saturated rings. The Morgan fingerprint density at radius 1 is 1.21 bits per heavy atom. The molecule has 3 N–H and O–H groups in total. The molecule has 0 aromatic heterocycles. The lowest BCUT2D eigenvalue weighted by molar-refractivity contribution is 0.837. The van der Waals surface area contributed by atoms with Gasteiger partial charge in [-0.05, 0) is 23.3 Å². The Morgan fingerprint density at radius 3 is 2.57 bits per heavy atom. The summed E-state index contributed by atoms with van der Waals surface area (Å²) < 4.78 is 0. The summed E-state index contributed by atoms with van der Waals surface area (Å²) in [6.45, 7) is 0. The Kier molecular flexibility index (Phi) is 2.50. The number of hydrogen-bond donors (Lipinski definition) is 3. The second kappa shape index (κ2) is 3.80. The van der Waals surface area contributed by atoms with Gasteiger partial charge in [-0.25, -0.2) is 0 Å². The minimum Gasteiger partial charge on any atom is -0.385 e. The number of nitrogens with one attached hydrogen (secondary N) is 1. The van der Waals surface area contributed by atoms with E-state index in [0.29, 0.717) is 5.82 Å². The van der Waals surface area contributed by atoms with E-state index in [2.05, 4.69) is 30.1 Å². The number of hydrogen-bond acceptors (Lipinski definition) is 3. The van der Waals surface area contributed by atoms with Crippen molar-refractivity contribution < 1.29 is 0 Å². The van der Waals surface area contributed by atoms with E-state index in [1.165, 1.54) is 0 Å². The van der Waals surface area contributed by atoms with Crippen molar-refractivity contribution in [3.8, 4) is 0 Å². The average molecular weight is 204 g/mol. The highest BCUT2D eigenvalue weighted by Crippen LogP contribution is 2.20. The van der Waals surface area contributed by atoms with Crippen molar-refractivity contribution in [2.45, 2.75) is 5.37 Å². The van der Waals surface area contributed by atoms with Crippen molar-refractivity contribution in [1.29, 1.82) is 0 Å². The lowest BCUT2D eigenvalue weighted by Gasteiger charge is -2.18. The van der Waals surface area contributed by atoms with Crippen LogP contribution >= 0.6 is 12.6 Å². The van der Waals surface area contributed by atoms with Crippen LogP contribution in [0.1, 0.15) is 5.56 Å². The zero-order chi connectivity index (χ0) is 9.97. The van der Waals surface area contributed by atoms with Crippen molar-refractivity contribution in [1.82, 2.24) is 5.32 Å². The van der Waals surface area contributed by atoms with Crippen molar-refractivity contribution >= 4 is 18.2 Å². The summed E-state index contributed by atoms with van der Waals surface area (Å²) in [6, 6.07) is 10.1. The number of rotatable bonds is 1. The SMILES string of the molecule is NC1=CC(c2ccccc2)=CC(S)N1. The molecule has 2 rings (SSSR count). The van der Waals surface area contributed by atoms with Crippen LogP contribution in [-0.2, 0) is 0 Å². The molecule has 1 heterocycles. The number of nitrogens with two attached hydrogens (primary N) is 1. The number of allylic oxidation sites excluding steroid dienone is 2. The lowest BCUT2D eigenvalue weighted by atomic mass is 10.0. The predicted octanol–water partition coefficient (Wildman–Crippen LogP) is 1.73. The number of thiol groups is 1. The van der Waals surface area contributed by atoms with Crippen LogP contribution in [0.3, 0.4) is 0 Å². The molecule has 3 heteroatoms. The van der Waals surface area contributed by atoms with Crippen LogP contribution < -0.4 is 11.1 Å². The zero-order valence-corrected chi connectivity index (χ0v) is 8.54. The van der Waals surface area contributed by atoms with Crippen LogP contribution in [0.4, 0.5) is 0 Å². The second-order valence-electron chi connectivity index (χ2n) is 3.18. The Morgan fingerprint density at radius 2 is 1.93 bits per heavy atom. The quantitative estimate of drug-likeness (QED) is 0.609. The standard InChI is InChI=1S/C11H12N2S/c12-10-6-9(7-11(14)13-10)8-4-2-1-3-5-8/h1-7,11,13-14H,12H2. The van der Waals surface area contributed by atoms with Gasteiger partial charge in [-0.15, -0.1) is 0 Å². The lowest BCUT2D eigenvalue weighted by Crippen LogP contribution is -2.29. The zero-order valence-electron chi connectivity index (χ0n) is 7.64. The van der Waals surface area contributed by atoms with Gasteiger partial charge in [-0.1, -0.05) is 30.3 Å². The summed E-state index contributed by atoms with van der Waals surface area (Å²) in [5.74, 6) is 0.659. The van der Waals surface area contributed by atoms with Crippen LogP contribution in [0.2, 0.25) is 0 Å². The van der Waals surface area contributed by atoms with Gasteiger partial charge in [0.1, 0.15) is 0 Å². The van der Waals surface area contributed by atoms with Crippen LogP contribution in [0, 0.1) is 0 Å². The Balaban J connectivity index is 2.36. The fourth-order valence-electron chi connectivity index (χ4n) is 1.45. The van der Waals surface area contributed by atoms with E-state index in [0.717, 1.165) is 11.1 Å². The molecule has 1 aromatic rings. The molecule has 1 aromatic carbocycles. The molecule has 0 saturated heterocycles. The van der Waals surface area contributed by atoms with E-state index in [1.807, 2.05) is 30.4 Å². The van der Waals surface area contributed by atoms with Crippen LogP contribution in [0.15, 0.2) is 48.3 Å². The van der Waals surface area contributed by atoms with Gasteiger partial charge >= 0.3 is 0 Å². The topological polar surface area (TPSA) is 38.0 Å². The van der Waals surface area contributed by atoms with Crippen LogP contribution in [0.5, 0.6) is 0 Å². The molecule has 0 aliphatic carbocycles. The van der Waals surface area contributed by atoms with Crippen LogP contribution in [-0.4, -0.2) is 5.37 Å². The molecule has 0 radical (unpaired) electrons. The molecule has 0 saturated carbocycles. The van der Waals surface area contributed by atoms with Crippen molar-refractivity contribution in [3.63, 3.8) is 0 Å². The van der Waals surface area contributed by atoms with E-state index in [1.54, 1.807) is 0 Å². The number of dihydropyridines is 1. The van der Waals surface area contributed by atoms with Gasteiger partial charge in [0.2, 0.25) is 0 Å². The Labute approximate surface area is 88.9 Å². The van der Waals surface area contributed by atoms with E-state index in [9.17, 15) is 0 Å². The third kappa shape index (κ3) is 1.93. The third-order valence-corrected chi connectivity index (χ3v) is 2.35. The first kappa shape index (κ1) is 9.21. The van der Waals surface area contributed by atoms with Crippen LogP contribution in [0.25, 0.3) is 5.57 Å². The average Bonchev–Trinajstić information content (AvgIpc) is 2.18. The van der Waals surface area contributed by atoms with E-state index >= 15 is 0 Å². The van der Waals surface area contributed by atoms with Gasteiger partial charge in [0, 0.05) is 0 Å². The largest absolute Gasteiger partial charge is 0.385 e. The summed E-state index contributed by atoms with van der Waals surface area (Å²) in [7, 11) is 0. The summed E-state index contributed by atoms with van der Waals surface area (Å²) in [5, 5.41) is 3.00. The molecular weight excluding hydrogens is 192 g/mol. The van der Waals surface area contributed by atoms with E-state index in [4.69, 9.17) is 5.73 Å². The molecular formula is C11H12N2S. The smallest absolute Gasteiger partial charge is 0.0977 e. The molecule has 0 amide bonds. The molecule has 14 heavy (non-hydrogen) atoms. The third-order valence-electron chi connectivity index (χ3n) is 2.07.